The topological polar surface area (TPSA) is 53.4 Å². The van der Waals surface area contributed by atoms with Gasteiger partial charge in [0.25, 0.3) is 5.91 Å². The van der Waals surface area contributed by atoms with Crippen molar-refractivity contribution in [2.45, 2.75) is 26.3 Å². The van der Waals surface area contributed by atoms with Crippen molar-refractivity contribution in [3.8, 4) is 0 Å². The Morgan fingerprint density at radius 1 is 1.22 bits per heavy atom. The second-order valence-corrected chi connectivity index (χ2v) is 7.61. The molecule has 1 N–H and O–H groups in total. The molecule has 5 nitrogen and oxygen atoms in total. The van der Waals surface area contributed by atoms with Crippen molar-refractivity contribution in [2.24, 2.45) is 5.92 Å². The standard InChI is InChI=1S/C22H22N4O/c1-14(2)21-20-17(16-5-3-4-6-18(16)24-20)9-11-26(21)22(27)15-7-8-19-23-10-12-25(19)13-15/h3-8,10,12-14,21,24H,9,11H2,1-2H3/t21-/m0/s1. The molecule has 0 fully saturated rings. The van der Waals surface area contributed by atoms with Gasteiger partial charge in [-0.3, -0.25) is 4.79 Å². The van der Waals surface area contributed by atoms with Gasteiger partial charge in [-0.25, -0.2) is 4.98 Å². The number of carbonyl (C=O) groups is 1. The van der Waals surface area contributed by atoms with Crippen LogP contribution in [0, 0.1) is 5.92 Å². The summed E-state index contributed by atoms with van der Waals surface area (Å²) < 4.78 is 1.90. The van der Waals surface area contributed by atoms with Gasteiger partial charge in [0, 0.05) is 41.7 Å². The quantitative estimate of drug-likeness (QED) is 0.583. The average Bonchev–Trinajstić information content (AvgIpc) is 3.29. The Kier molecular flexibility index (Phi) is 3.57. The summed E-state index contributed by atoms with van der Waals surface area (Å²) in [4.78, 5) is 23.3. The Bertz CT molecular complexity index is 1150. The smallest absolute Gasteiger partial charge is 0.255 e. The Balaban J connectivity index is 1.58. The molecule has 1 aromatic carbocycles. The summed E-state index contributed by atoms with van der Waals surface area (Å²) in [5.41, 5.74) is 5.25. The highest BCUT2D eigenvalue weighted by atomic mass is 16.2. The number of hydrogen-bond acceptors (Lipinski definition) is 2. The molecule has 4 heterocycles. The molecule has 5 heteroatoms. The first-order chi connectivity index (χ1) is 13.1. The number of fused-ring (bicyclic) bond motifs is 4. The number of H-pyrrole nitrogens is 1. The van der Waals surface area contributed by atoms with Crippen LogP contribution >= 0.6 is 0 Å². The molecular weight excluding hydrogens is 336 g/mol. The van der Waals surface area contributed by atoms with E-state index in [1.165, 1.54) is 16.6 Å². The zero-order chi connectivity index (χ0) is 18.5. The maximum atomic E-state index is 13.4. The van der Waals surface area contributed by atoms with E-state index in [1.54, 1.807) is 6.20 Å². The fourth-order valence-corrected chi connectivity index (χ4v) is 4.40. The van der Waals surface area contributed by atoms with Gasteiger partial charge in [-0.05, 0) is 36.1 Å². The molecule has 4 aromatic rings. The van der Waals surface area contributed by atoms with E-state index in [1.807, 2.05) is 33.8 Å². The van der Waals surface area contributed by atoms with Crippen LogP contribution in [0.25, 0.3) is 16.6 Å². The Labute approximate surface area is 157 Å². The number of amides is 1. The number of carbonyl (C=O) groups excluding carboxylic acids is 1. The first-order valence-corrected chi connectivity index (χ1v) is 9.46. The molecule has 0 bridgehead atoms. The first-order valence-electron chi connectivity index (χ1n) is 9.46. The van der Waals surface area contributed by atoms with Crippen molar-refractivity contribution in [2.75, 3.05) is 6.54 Å². The Hall–Kier alpha value is -3.08. The van der Waals surface area contributed by atoms with Crippen LogP contribution in [0.4, 0.5) is 0 Å². The zero-order valence-electron chi connectivity index (χ0n) is 15.5. The van der Waals surface area contributed by atoms with E-state index in [0.717, 1.165) is 24.1 Å². The van der Waals surface area contributed by atoms with Crippen LogP contribution in [0.1, 0.15) is 41.5 Å². The molecule has 1 aliphatic heterocycles. The minimum atomic E-state index is 0.0483. The summed E-state index contributed by atoms with van der Waals surface area (Å²) in [7, 11) is 0. The van der Waals surface area contributed by atoms with Crippen LogP contribution in [0.5, 0.6) is 0 Å². The van der Waals surface area contributed by atoms with Gasteiger partial charge in [0.05, 0.1) is 11.6 Å². The van der Waals surface area contributed by atoms with Crippen LogP contribution in [-0.2, 0) is 6.42 Å². The van der Waals surface area contributed by atoms with Crippen molar-refractivity contribution in [3.63, 3.8) is 0 Å². The molecule has 5 rings (SSSR count). The Morgan fingerprint density at radius 2 is 2.07 bits per heavy atom. The number of nitrogens with one attached hydrogen (secondary N) is 1. The number of nitrogens with zero attached hydrogens (tertiary/aromatic N) is 3. The molecule has 136 valence electrons. The second-order valence-electron chi connectivity index (χ2n) is 7.61. The molecule has 1 atom stereocenters. The van der Waals surface area contributed by atoms with Crippen LogP contribution in [0.15, 0.2) is 55.0 Å². The fourth-order valence-electron chi connectivity index (χ4n) is 4.40. The van der Waals surface area contributed by atoms with Gasteiger partial charge < -0.3 is 14.3 Å². The third-order valence-electron chi connectivity index (χ3n) is 5.61. The molecule has 0 aliphatic carbocycles. The summed E-state index contributed by atoms with van der Waals surface area (Å²) in [5.74, 6) is 0.395. The normalized spacial score (nSPS) is 17.0. The van der Waals surface area contributed by atoms with Crippen LogP contribution < -0.4 is 0 Å². The predicted octanol–water partition coefficient (Wildman–Crippen LogP) is 4.21. The molecule has 0 saturated heterocycles. The molecule has 0 radical (unpaired) electrons. The van der Waals surface area contributed by atoms with Gasteiger partial charge in [0.15, 0.2) is 0 Å². The van der Waals surface area contributed by atoms with E-state index in [-0.39, 0.29) is 11.9 Å². The monoisotopic (exact) mass is 358 g/mol. The summed E-state index contributed by atoms with van der Waals surface area (Å²) in [6, 6.07) is 12.2. The van der Waals surface area contributed by atoms with Crippen molar-refractivity contribution >= 4 is 22.5 Å². The minimum Gasteiger partial charge on any atom is -0.356 e. The summed E-state index contributed by atoms with van der Waals surface area (Å²) >= 11 is 0. The summed E-state index contributed by atoms with van der Waals surface area (Å²) in [6.45, 7) is 5.10. The van der Waals surface area contributed by atoms with Crippen LogP contribution in [0.3, 0.4) is 0 Å². The van der Waals surface area contributed by atoms with Gasteiger partial charge in [-0.1, -0.05) is 32.0 Å². The lowest BCUT2D eigenvalue weighted by Crippen LogP contribution is -2.42. The van der Waals surface area contributed by atoms with Crippen molar-refractivity contribution in [1.82, 2.24) is 19.3 Å². The number of aromatic amines is 1. The molecule has 0 saturated carbocycles. The van der Waals surface area contributed by atoms with Gasteiger partial charge in [-0.15, -0.1) is 0 Å². The van der Waals surface area contributed by atoms with Gasteiger partial charge in [0.1, 0.15) is 5.65 Å². The van der Waals surface area contributed by atoms with E-state index in [4.69, 9.17) is 0 Å². The number of imidazole rings is 1. The van der Waals surface area contributed by atoms with Gasteiger partial charge >= 0.3 is 0 Å². The van der Waals surface area contributed by atoms with Gasteiger partial charge in [-0.2, -0.15) is 0 Å². The fraction of sp³-hybridized carbons (Fsp3) is 0.273. The molecular formula is C22H22N4O. The maximum absolute atomic E-state index is 13.4. The summed E-state index contributed by atoms with van der Waals surface area (Å²) in [6.07, 6.45) is 6.38. The highest BCUT2D eigenvalue weighted by molar-refractivity contribution is 5.95. The number of pyridine rings is 1. The van der Waals surface area contributed by atoms with Crippen molar-refractivity contribution in [1.29, 1.82) is 0 Å². The first kappa shape index (κ1) is 16.1. The van der Waals surface area contributed by atoms with Crippen molar-refractivity contribution < 1.29 is 4.79 Å². The lowest BCUT2D eigenvalue weighted by Gasteiger charge is -2.38. The highest BCUT2D eigenvalue weighted by Crippen LogP contribution is 2.39. The molecule has 27 heavy (non-hydrogen) atoms. The zero-order valence-corrected chi connectivity index (χ0v) is 15.5. The lowest BCUT2D eigenvalue weighted by molar-refractivity contribution is 0.0598. The molecule has 1 amide bonds. The van der Waals surface area contributed by atoms with E-state index in [9.17, 15) is 4.79 Å². The Morgan fingerprint density at radius 3 is 2.93 bits per heavy atom. The van der Waals surface area contributed by atoms with E-state index in [2.05, 4.69) is 48.1 Å². The van der Waals surface area contributed by atoms with Crippen LogP contribution in [-0.4, -0.2) is 31.7 Å². The number of para-hydroxylation sites is 1. The summed E-state index contributed by atoms with van der Waals surface area (Å²) in [5, 5.41) is 1.28. The van der Waals surface area contributed by atoms with E-state index >= 15 is 0 Å². The number of hydrogen-bond donors (Lipinski definition) is 1. The average molecular weight is 358 g/mol. The molecule has 3 aromatic heterocycles. The number of aromatic nitrogens is 3. The predicted molar refractivity (Wildman–Crippen MR) is 106 cm³/mol. The van der Waals surface area contributed by atoms with Crippen LogP contribution in [0.2, 0.25) is 0 Å². The number of rotatable bonds is 2. The van der Waals surface area contributed by atoms with E-state index < -0.39 is 0 Å². The third kappa shape index (κ3) is 2.46. The SMILES string of the molecule is CC(C)[C@H]1c2[nH]c3ccccc3c2CCN1C(=O)c1ccc2nccn2c1. The maximum Gasteiger partial charge on any atom is 0.255 e. The lowest BCUT2D eigenvalue weighted by atomic mass is 9.90. The molecule has 0 spiro atoms. The minimum absolute atomic E-state index is 0.0483. The molecule has 0 unspecified atom stereocenters. The largest absolute Gasteiger partial charge is 0.356 e. The van der Waals surface area contributed by atoms with E-state index in [0.29, 0.717) is 11.5 Å². The third-order valence-corrected chi connectivity index (χ3v) is 5.61. The highest BCUT2D eigenvalue weighted by Gasteiger charge is 2.35. The second kappa shape index (κ2) is 5.98. The van der Waals surface area contributed by atoms with Gasteiger partial charge in [0.2, 0.25) is 0 Å². The number of benzene rings is 1. The van der Waals surface area contributed by atoms with Crippen molar-refractivity contribution in [3.05, 3.63) is 71.8 Å². The molecule has 1 aliphatic rings.